The first-order chi connectivity index (χ1) is 16.2. The van der Waals surface area contributed by atoms with E-state index in [0.29, 0.717) is 27.8 Å². The summed E-state index contributed by atoms with van der Waals surface area (Å²) in [5, 5.41) is 13.9. The predicted octanol–water partition coefficient (Wildman–Crippen LogP) is 8.18. The number of hydrogen-bond acceptors (Lipinski definition) is 5. The molecule has 1 aliphatic carbocycles. The highest BCUT2D eigenvalue weighted by Gasteiger charge is 2.61. The van der Waals surface area contributed by atoms with Crippen LogP contribution in [0, 0.1) is 0 Å². The van der Waals surface area contributed by atoms with Gasteiger partial charge >= 0.3 is 6.18 Å². The van der Waals surface area contributed by atoms with E-state index >= 15 is 0 Å². The summed E-state index contributed by atoms with van der Waals surface area (Å²) in [6.45, 7) is 0. The molecule has 0 amide bonds. The van der Waals surface area contributed by atoms with Gasteiger partial charge in [0.25, 0.3) is 0 Å². The standard InChI is InChI=1S/C23H17BrClF3N4S2/c1-33-19-17(20-29-30-21(34-20)22(11-4-12-22)23(26,27)28)31-32(16-6-3-2-5-15(16)25)18(19)13-7-9-14(24)10-8-13/h2-3,5-10H,4,11-12H2,1H3. The van der Waals surface area contributed by atoms with Crippen molar-refractivity contribution in [2.75, 3.05) is 6.26 Å². The van der Waals surface area contributed by atoms with E-state index in [4.69, 9.17) is 16.7 Å². The van der Waals surface area contributed by atoms with Crippen LogP contribution in [0.15, 0.2) is 57.9 Å². The van der Waals surface area contributed by atoms with Crippen LogP contribution in [0.2, 0.25) is 5.02 Å². The quantitative estimate of drug-likeness (QED) is 0.222. The third-order valence-corrected chi connectivity index (χ3v) is 8.81. The van der Waals surface area contributed by atoms with Crippen LogP contribution in [0.25, 0.3) is 27.6 Å². The van der Waals surface area contributed by atoms with Gasteiger partial charge in [-0.1, -0.05) is 69.6 Å². The maximum atomic E-state index is 13.9. The first-order valence-corrected chi connectivity index (χ1v) is 13.6. The summed E-state index contributed by atoms with van der Waals surface area (Å²) in [4.78, 5) is 0.791. The predicted molar refractivity (Wildman–Crippen MR) is 134 cm³/mol. The highest BCUT2D eigenvalue weighted by molar-refractivity contribution is 9.10. The summed E-state index contributed by atoms with van der Waals surface area (Å²) < 4.78 is 44.3. The van der Waals surface area contributed by atoms with Gasteiger partial charge in [0.2, 0.25) is 0 Å². The fourth-order valence-corrected chi connectivity index (χ4v) is 6.43. The Morgan fingerprint density at radius 3 is 2.38 bits per heavy atom. The van der Waals surface area contributed by atoms with Gasteiger partial charge in [0, 0.05) is 10.0 Å². The van der Waals surface area contributed by atoms with Gasteiger partial charge in [0.15, 0.2) is 5.01 Å². The van der Waals surface area contributed by atoms with Crippen molar-refractivity contribution in [3.63, 3.8) is 0 Å². The fraction of sp³-hybridized carbons (Fsp3) is 0.261. The van der Waals surface area contributed by atoms with E-state index < -0.39 is 11.6 Å². The second-order valence-corrected chi connectivity index (χ2v) is 11.1. The molecule has 0 bridgehead atoms. The third kappa shape index (κ3) is 3.88. The second kappa shape index (κ2) is 8.96. The lowest BCUT2D eigenvalue weighted by atomic mass is 9.68. The van der Waals surface area contributed by atoms with E-state index in [1.165, 1.54) is 11.8 Å². The average molecular weight is 586 g/mol. The molecule has 11 heteroatoms. The molecule has 0 unspecified atom stereocenters. The minimum Gasteiger partial charge on any atom is -0.230 e. The Bertz CT molecular complexity index is 1350. The molecule has 176 valence electrons. The molecule has 1 saturated carbocycles. The number of halogens is 5. The molecule has 0 saturated heterocycles. The van der Waals surface area contributed by atoms with Gasteiger partial charge in [0.1, 0.15) is 16.1 Å². The lowest BCUT2D eigenvalue weighted by Gasteiger charge is -2.40. The number of aromatic nitrogens is 4. The van der Waals surface area contributed by atoms with Crippen LogP contribution in [-0.4, -0.2) is 32.4 Å². The van der Waals surface area contributed by atoms with Crippen molar-refractivity contribution in [3.05, 3.63) is 63.0 Å². The SMILES string of the molecule is CSc1c(-c2nnc(C3(C(F)(F)F)CCC3)s2)nn(-c2ccccc2Cl)c1-c1ccc(Br)cc1. The van der Waals surface area contributed by atoms with Crippen molar-refractivity contribution < 1.29 is 13.2 Å². The molecule has 2 aromatic carbocycles. The van der Waals surface area contributed by atoms with E-state index in [9.17, 15) is 13.2 Å². The molecule has 0 aliphatic heterocycles. The second-order valence-electron chi connectivity index (χ2n) is 7.95. The molecule has 0 N–H and O–H groups in total. The molecular weight excluding hydrogens is 569 g/mol. The van der Waals surface area contributed by atoms with Crippen LogP contribution in [0.1, 0.15) is 24.3 Å². The lowest BCUT2D eigenvalue weighted by molar-refractivity contribution is -0.212. The van der Waals surface area contributed by atoms with Gasteiger partial charge in [-0.25, -0.2) is 4.68 Å². The highest BCUT2D eigenvalue weighted by atomic mass is 79.9. The number of thioether (sulfide) groups is 1. The van der Waals surface area contributed by atoms with Gasteiger partial charge < -0.3 is 0 Å². The summed E-state index contributed by atoms with van der Waals surface area (Å²) in [7, 11) is 0. The largest absolute Gasteiger partial charge is 0.400 e. The zero-order valence-electron chi connectivity index (χ0n) is 17.7. The summed E-state index contributed by atoms with van der Waals surface area (Å²) in [6, 6.07) is 15.1. The normalized spacial score (nSPS) is 15.4. The molecule has 5 rings (SSSR count). The number of benzene rings is 2. The van der Waals surface area contributed by atoms with Gasteiger partial charge in [-0.05, 0) is 43.4 Å². The van der Waals surface area contributed by atoms with Gasteiger partial charge in [-0.15, -0.1) is 22.0 Å². The Labute approximate surface area is 215 Å². The van der Waals surface area contributed by atoms with E-state index in [1.54, 1.807) is 10.7 Å². The molecule has 0 radical (unpaired) electrons. The van der Waals surface area contributed by atoms with Crippen LogP contribution in [0.5, 0.6) is 0 Å². The zero-order valence-corrected chi connectivity index (χ0v) is 21.7. The Morgan fingerprint density at radius 2 is 1.79 bits per heavy atom. The average Bonchev–Trinajstić information content (AvgIpc) is 3.38. The van der Waals surface area contributed by atoms with E-state index in [-0.39, 0.29) is 17.8 Å². The smallest absolute Gasteiger partial charge is 0.230 e. The van der Waals surface area contributed by atoms with Crippen molar-refractivity contribution in [1.82, 2.24) is 20.0 Å². The van der Waals surface area contributed by atoms with Crippen molar-refractivity contribution in [2.45, 2.75) is 35.7 Å². The van der Waals surface area contributed by atoms with Crippen molar-refractivity contribution >= 4 is 50.6 Å². The van der Waals surface area contributed by atoms with Gasteiger partial charge in [-0.2, -0.15) is 18.3 Å². The summed E-state index contributed by atoms with van der Waals surface area (Å²) in [5.74, 6) is 0. The van der Waals surface area contributed by atoms with Crippen LogP contribution in [-0.2, 0) is 5.41 Å². The molecule has 0 atom stereocenters. The van der Waals surface area contributed by atoms with Crippen LogP contribution in [0.4, 0.5) is 13.2 Å². The van der Waals surface area contributed by atoms with Crippen LogP contribution in [0.3, 0.4) is 0 Å². The van der Waals surface area contributed by atoms with E-state index in [0.717, 1.165) is 32.0 Å². The molecule has 34 heavy (non-hydrogen) atoms. The number of rotatable bonds is 5. The molecule has 1 aliphatic rings. The Morgan fingerprint density at radius 1 is 1.09 bits per heavy atom. The van der Waals surface area contributed by atoms with Crippen LogP contribution < -0.4 is 0 Å². The number of para-hydroxylation sites is 1. The monoisotopic (exact) mass is 584 g/mol. The number of nitrogens with zero attached hydrogens (tertiary/aromatic N) is 4. The zero-order chi connectivity index (χ0) is 24.1. The first kappa shape index (κ1) is 23.8. The fourth-order valence-electron chi connectivity index (χ4n) is 4.06. The molecule has 2 aromatic heterocycles. The van der Waals surface area contributed by atoms with E-state index in [2.05, 4.69) is 26.1 Å². The topological polar surface area (TPSA) is 43.6 Å². The van der Waals surface area contributed by atoms with Gasteiger partial charge in [0.05, 0.1) is 21.3 Å². The van der Waals surface area contributed by atoms with E-state index in [1.807, 2.05) is 48.7 Å². The molecule has 4 nitrogen and oxygen atoms in total. The molecule has 4 aromatic rings. The Hall–Kier alpha value is -1.88. The Balaban J connectivity index is 1.71. The van der Waals surface area contributed by atoms with Crippen molar-refractivity contribution in [2.24, 2.45) is 0 Å². The Kier molecular flexibility index (Phi) is 6.29. The van der Waals surface area contributed by atoms with Crippen molar-refractivity contribution in [1.29, 1.82) is 0 Å². The minimum absolute atomic E-state index is 0.00536. The molecule has 1 fully saturated rings. The summed E-state index contributed by atoms with van der Waals surface area (Å²) >= 11 is 12.4. The highest BCUT2D eigenvalue weighted by Crippen LogP contribution is 2.56. The maximum Gasteiger partial charge on any atom is 0.400 e. The number of hydrogen-bond donors (Lipinski definition) is 0. The third-order valence-electron chi connectivity index (χ3n) is 6.03. The molecule has 2 heterocycles. The molecular formula is C23H17BrClF3N4S2. The molecule has 0 spiro atoms. The minimum atomic E-state index is -4.36. The summed E-state index contributed by atoms with van der Waals surface area (Å²) in [6.07, 6.45) is -1.84. The number of alkyl halides is 3. The lowest BCUT2D eigenvalue weighted by Crippen LogP contribution is -2.47. The maximum absolute atomic E-state index is 13.9. The van der Waals surface area contributed by atoms with Crippen LogP contribution >= 0.6 is 50.6 Å². The summed E-state index contributed by atoms with van der Waals surface area (Å²) in [5.41, 5.74) is 0.933. The van der Waals surface area contributed by atoms with Gasteiger partial charge in [-0.3, -0.25) is 0 Å². The van der Waals surface area contributed by atoms with Crippen molar-refractivity contribution in [3.8, 4) is 27.6 Å². The first-order valence-electron chi connectivity index (χ1n) is 10.3.